The largest absolute Gasteiger partial charge is 0.358 e. The molecule has 0 fully saturated rings. The third kappa shape index (κ3) is 0.832. The molecule has 0 aliphatic rings. The summed E-state index contributed by atoms with van der Waals surface area (Å²) < 4.78 is 1.94. The van der Waals surface area contributed by atoms with Crippen molar-refractivity contribution >= 4 is 11.5 Å². The molecule has 0 saturated heterocycles. The zero-order chi connectivity index (χ0) is 7.68. The Bertz CT molecular complexity index is 365. The standard InChI is InChI=1S/C7H8N4/c1-8-7-10-5-6-4-9-2-3-11(6)7/h2-5H,1H3,(H,8,10). The van der Waals surface area contributed by atoms with Crippen LogP contribution in [0, 0.1) is 0 Å². The number of hydrogen-bond acceptors (Lipinski definition) is 3. The lowest BCUT2D eigenvalue weighted by Gasteiger charge is -1.96. The monoisotopic (exact) mass is 148 g/mol. The van der Waals surface area contributed by atoms with E-state index in [9.17, 15) is 0 Å². The second kappa shape index (κ2) is 2.23. The minimum atomic E-state index is 0.836. The summed E-state index contributed by atoms with van der Waals surface area (Å²) in [6, 6.07) is 0. The van der Waals surface area contributed by atoms with Crippen LogP contribution in [0.3, 0.4) is 0 Å². The van der Waals surface area contributed by atoms with Gasteiger partial charge >= 0.3 is 0 Å². The van der Waals surface area contributed by atoms with Crippen LogP contribution in [0.5, 0.6) is 0 Å². The Balaban J connectivity index is 2.76. The van der Waals surface area contributed by atoms with Crippen molar-refractivity contribution in [2.75, 3.05) is 12.4 Å². The Morgan fingerprint density at radius 1 is 1.45 bits per heavy atom. The Labute approximate surface area is 63.9 Å². The Morgan fingerprint density at radius 2 is 2.36 bits per heavy atom. The molecule has 2 aromatic heterocycles. The van der Waals surface area contributed by atoms with E-state index in [-0.39, 0.29) is 0 Å². The zero-order valence-electron chi connectivity index (χ0n) is 6.15. The zero-order valence-corrected chi connectivity index (χ0v) is 6.15. The summed E-state index contributed by atoms with van der Waals surface area (Å²) in [5.74, 6) is 0.836. The van der Waals surface area contributed by atoms with E-state index in [0.717, 1.165) is 11.5 Å². The molecule has 0 bridgehead atoms. The number of nitrogens with zero attached hydrogens (tertiary/aromatic N) is 3. The molecule has 2 aromatic rings. The molecule has 4 heteroatoms. The van der Waals surface area contributed by atoms with Crippen molar-refractivity contribution in [2.24, 2.45) is 0 Å². The van der Waals surface area contributed by atoms with Crippen molar-refractivity contribution in [3.63, 3.8) is 0 Å². The van der Waals surface area contributed by atoms with Crippen molar-refractivity contribution in [2.45, 2.75) is 0 Å². The molecule has 0 aliphatic heterocycles. The molecule has 0 saturated carbocycles. The predicted octanol–water partition coefficient (Wildman–Crippen LogP) is 0.771. The van der Waals surface area contributed by atoms with Crippen LogP contribution in [0.1, 0.15) is 0 Å². The third-order valence-electron chi connectivity index (χ3n) is 1.56. The topological polar surface area (TPSA) is 42.2 Å². The summed E-state index contributed by atoms with van der Waals surface area (Å²) >= 11 is 0. The SMILES string of the molecule is CNc1ncc2cnccn12. The van der Waals surface area contributed by atoms with Gasteiger partial charge in [-0.3, -0.25) is 9.38 Å². The van der Waals surface area contributed by atoms with Crippen molar-refractivity contribution in [1.82, 2.24) is 14.4 Å². The molecule has 0 aromatic carbocycles. The second-order valence-electron chi connectivity index (χ2n) is 2.20. The molecule has 1 N–H and O–H groups in total. The van der Waals surface area contributed by atoms with Gasteiger partial charge in [-0.15, -0.1) is 0 Å². The first-order chi connectivity index (χ1) is 5.42. The number of hydrogen-bond donors (Lipinski definition) is 1. The van der Waals surface area contributed by atoms with Gasteiger partial charge in [-0.2, -0.15) is 0 Å². The third-order valence-corrected chi connectivity index (χ3v) is 1.56. The van der Waals surface area contributed by atoms with Gasteiger partial charge in [-0.25, -0.2) is 4.98 Å². The lowest BCUT2D eigenvalue weighted by atomic mass is 10.6. The fourth-order valence-electron chi connectivity index (χ4n) is 1.04. The lowest BCUT2D eigenvalue weighted by Crippen LogP contribution is -1.94. The number of fused-ring (bicyclic) bond motifs is 1. The van der Waals surface area contributed by atoms with Crippen LogP contribution in [0.25, 0.3) is 5.52 Å². The summed E-state index contributed by atoms with van der Waals surface area (Å²) in [6.07, 6.45) is 7.15. The highest BCUT2D eigenvalue weighted by Crippen LogP contribution is 2.07. The molecular weight excluding hydrogens is 140 g/mol. The normalized spacial score (nSPS) is 10.3. The lowest BCUT2D eigenvalue weighted by molar-refractivity contribution is 1.11. The first kappa shape index (κ1) is 6.15. The van der Waals surface area contributed by atoms with Gasteiger partial charge in [-0.1, -0.05) is 0 Å². The molecule has 2 rings (SSSR count). The summed E-state index contributed by atoms with van der Waals surface area (Å²) in [4.78, 5) is 8.10. The minimum absolute atomic E-state index is 0.836. The van der Waals surface area contributed by atoms with Gasteiger partial charge in [-0.05, 0) is 0 Å². The Morgan fingerprint density at radius 3 is 3.18 bits per heavy atom. The molecule has 0 aliphatic carbocycles. The molecule has 4 nitrogen and oxygen atoms in total. The van der Waals surface area contributed by atoms with Crippen LogP contribution in [0.4, 0.5) is 5.95 Å². The van der Waals surface area contributed by atoms with Gasteiger partial charge in [0.1, 0.15) is 0 Å². The van der Waals surface area contributed by atoms with Crippen molar-refractivity contribution in [3.05, 3.63) is 24.8 Å². The van der Waals surface area contributed by atoms with Crippen molar-refractivity contribution in [1.29, 1.82) is 0 Å². The highest BCUT2D eigenvalue weighted by Gasteiger charge is 1.97. The molecule has 0 radical (unpaired) electrons. The molecule has 11 heavy (non-hydrogen) atoms. The van der Waals surface area contributed by atoms with Crippen LogP contribution in [0.15, 0.2) is 24.8 Å². The molecule has 0 amide bonds. The number of nitrogens with one attached hydrogen (secondary N) is 1. The predicted molar refractivity (Wildman–Crippen MR) is 42.5 cm³/mol. The fourth-order valence-corrected chi connectivity index (χ4v) is 1.04. The average molecular weight is 148 g/mol. The van der Waals surface area contributed by atoms with Gasteiger partial charge in [0.15, 0.2) is 0 Å². The van der Waals surface area contributed by atoms with E-state index in [1.807, 2.05) is 17.6 Å². The van der Waals surface area contributed by atoms with Crippen LogP contribution < -0.4 is 5.32 Å². The van der Waals surface area contributed by atoms with Crippen LogP contribution >= 0.6 is 0 Å². The summed E-state index contributed by atoms with van der Waals surface area (Å²) in [6.45, 7) is 0. The maximum absolute atomic E-state index is 4.13. The van der Waals surface area contributed by atoms with Crippen molar-refractivity contribution in [3.8, 4) is 0 Å². The molecule has 0 spiro atoms. The van der Waals surface area contributed by atoms with E-state index < -0.39 is 0 Å². The second-order valence-corrected chi connectivity index (χ2v) is 2.20. The summed E-state index contributed by atoms with van der Waals surface area (Å²) in [5, 5.41) is 2.97. The van der Waals surface area contributed by atoms with Crippen molar-refractivity contribution < 1.29 is 0 Å². The Hall–Kier alpha value is -1.58. The van der Waals surface area contributed by atoms with E-state index in [1.54, 1.807) is 18.6 Å². The average Bonchev–Trinajstić information content (AvgIpc) is 2.47. The highest BCUT2D eigenvalue weighted by molar-refractivity contribution is 5.49. The van der Waals surface area contributed by atoms with E-state index in [4.69, 9.17) is 0 Å². The van der Waals surface area contributed by atoms with E-state index in [2.05, 4.69) is 15.3 Å². The van der Waals surface area contributed by atoms with Gasteiger partial charge in [0.25, 0.3) is 0 Å². The highest BCUT2D eigenvalue weighted by atomic mass is 15.2. The molecular formula is C7H8N4. The first-order valence-corrected chi connectivity index (χ1v) is 3.36. The van der Waals surface area contributed by atoms with Gasteiger partial charge in [0.05, 0.1) is 17.9 Å². The maximum Gasteiger partial charge on any atom is 0.207 e. The molecule has 0 atom stereocenters. The van der Waals surface area contributed by atoms with Gasteiger partial charge < -0.3 is 5.32 Å². The summed E-state index contributed by atoms with van der Waals surface area (Å²) in [7, 11) is 1.84. The van der Waals surface area contributed by atoms with E-state index >= 15 is 0 Å². The number of aromatic nitrogens is 3. The fraction of sp³-hybridized carbons (Fsp3) is 0.143. The number of anilines is 1. The quantitative estimate of drug-likeness (QED) is 0.649. The number of imidazole rings is 1. The molecule has 56 valence electrons. The van der Waals surface area contributed by atoms with Crippen LogP contribution in [0.2, 0.25) is 0 Å². The van der Waals surface area contributed by atoms with E-state index in [0.29, 0.717) is 0 Å². The first-order valence-electron chi connectivity index (χ1n) is 3.36. The van der Waals surface area contributed by atoms with Gasteiger partial charge in [0, 0.05) is 19.4 Å². The Kier molecular flexibility index (Phi) is 1.25. The smallest absolute Gasteiger partial charge is 0.207 e. The minimum Gasteiger partial charge on any atom is -0.358 e. The van der Waals surface area contributed by atoms with Gasteiger partial charge in [0.2, 0.25) is 5.95 Å². The van der Waals surface area contributed by atoms with E-state index in [1.165, 1.54) is 0 Å². The molecule has 0 unspecified atom stereocenters. The maximum atomic E-state index is 4.13. The van der Waals surface area contributed by atoms with Crippen LogP contribution in [-0.2, 0) is 0 Å². The number of rotatable bonds is 1. The summed E-state index contributed by atoms with van der Waals surface area (Å²) in [5.41, 5.74) is 0.997. The molecule has 2 heterocycles. The van der Waals surface area contributed by atoms with Crippen LogP contribution in [-0.4, -0.2) is 21.4 Å².